The third-order valence-electron chi connectivity index (χ3n) is 5.35. The Kier molecular flexibility index (Phi) is 6.26. The van der Waals surface area contributed by atoms with E-state index in [1.807, 2.05) is 0 Å². The first-order chi connectivity index (χ1) is 14.3. The fraction of sp³-hybridized carbons (Fsp3) is 0.682. The molecule has 1 atom stereocenters. The molecule has 2 aliphatic carbocycles. The average molecular weight is 442 g/mol. The van der Waals surface area contributed by atoms with Gasteiger partial charge in [0, 0.05) is 17.8 Å². The molecule has 0 bridgehead atoms. The van der Waals surface area contributed by atoms with E-state index in [1.54, 1.807) is 27.7 Å². The van der Waals surface area contributed by atoms with Crippen molar-refractivity contribution in [1.82, 2.24) is 10.3 Å². The van der Waals surface area contributed by atoms with Gasteiger partial charge in [-0.05, 0) is 65.2 Å². The van der Waals surface area contributed by atoms with Crippen LogP contribution in [0.15, 0.2) is 12.3 Å². The number of carbonyl (C=O) groups excluding carboxylic acids is 2. The Morgan fingerprint density at radius 2 is 1.77 bits per heavy atom. The predicted molar refractivity (Wildman–Crippen MR) is 107 cm³/mol. The molecule has 0 spiro atoms. The van der Waals surface area contributed by atoms with Gasteiger partial charge in [0.15, 0.2) is 6.61 Å². The second-order valence-electron chi connectivity index (χ2n) is 9.69. The number of rotatable bonds is 8. The minimum absolute atomic E-state index is 0.00172. The van der Waals surface area contributed by atoms with Crippen LogP contribution in [0.4, 0.5) is 13.2 Å². The fourth-order valence-electron chi connectivity index (χ4n) is 3.57. The lowest BCUT2D eigenvalue weighted by Crippen LogP contribution is -2.50. The van der Waals surface area contributed by atoms with Gasteiger partial charge in [-0.25, -0.2) is 0 Å². The number of pyridine rings is 1. The monoisotopic (exact) mass is 442 g/mol. The maximum Gasteiger partial charge on any atom is 0.422 e. The van der Waals surface area contributed by atoms with Crippen LogP contribution in [-0.2, 0) is 9.53 Å². The summed E-state index contributed by atoms with van der Waals surface area (Å²) < 4.78 is 48.3. The van der Waals surface area contributed by atoms with E-state index < -0.39 is 35.8 Å². The number of esters is 1. The molecular weight excluding hydrogens is 413 g/mol. The Hall–Kier alpha value is -2.32. The quantitative estimate of drug-likeness (QED) is 0.599. The molecule has 0 aliphatic heterocycles. The SMILES string of the molecule is CC(C)(C)OC(=O)C[C@](C)(NC(=O)c1cc(OCC(F)(F)F)c(C2CC2)cn1)C1CC1. The highest BCUT2D eigenvalue weighted by Crippen LogP contribution is 2.45. The molecule has 1 amide bonds. The van der Waals surface area contributed by atoms with E-state index in [4.69, 9.17) is 9.47 Å². The molecule has 3 rings (SSSR count). The van der Waals surface area contributed by atoms with Crippen molar-refractivity contribution in [1.29, 1.82) is 0 Å². The molecule has 9 heteroatoms. The molecular formula is C22H29F3N2O4. The van der Waals surface area contributed by atoms with Gasteiger partial charge in [-0.3, -0.25) is 14.6 Å². The number of amides is 1. The molecule has 1 N–H and O–H groups in total. The van der Waals surface area contributed by atoms with Crippen LogP contribution in [0.3, 0.4) is 0 Å². The van der Waals surface area contributed by atoms with Crippen molar-refractivity contribution < 1.29 is 32.2 Å². The summed E-state index contributed by atoms with van der Waals surface area (Å²) in [4.78, 5) is 29.4. The van der Waals surface area contributed by atoms with Gasteiger partial charge in [0.05, 0.1) is 12.0 Å². The topological polar surface area (TPSA) is 77.5 Å². The first-order valence-corrected chi connectivity index (χ1v) is 10.5. The zero-order valence-electron chi connectivity index (χ0n) is 18.3. The van der Waals surface area contributed by atoms with Crippen LogP contribution < -0.4 is 10.1 Å². The minimum atomic E-state index is -4.48. The van der Waals surface area contributed by atoms with Crippen molar-refractivity contribution >= 4 is 11.9 Å². The number of nitrogens with zero attached hydrogens (tertiary/aromatic N) is 1. The van der Waals surface area contributed by atoms with Crippen LogP contribution in [0.25, 0.3) is 0 Å². The van der Waals surface area contributed by atoms with Crippen LogP contribution in [0.5, 0.6) is 5.75 Å². The Balaban J connectivity index is 1.75. The Morgan fingerprint density at radius 1 is 1.13 bits per heavy atom. The summed E-state index contributed by atoms with van der Waals surface area (Å²) in [5.41, 5.74) is -0.933. The van der Waals surface area contributed by atoms with E-state index in [-0.39, 0.29) is 29.7 Å². The molecule has 2 aliphatic rings. The van der Waals surface area contributed by atoms with E-state index in [2.05, 4.69) is 10.3 Å². The van der Waals surface area contributed by atoms with Crippen molar-refractivity contribution in [2.24, 2.45) is 5.92 Å². The molecule has 6 nitrogen and oxygen atoms in total. The lowest BCUT2D eigenvalue weighted by atomic mass is 9.91. The van der Waals surface area contributed by atoms with E-state index in [1.165, 1.54) is 12.3 Å². The smallest absolute Gasteiger partial charge is 0.422 e. The predicted octanol–water partition coefficient (Wildman–Crippen LogP) is 4.53. The molecule has 31 heavy (non-hydrogen) atoms. The van der Waals surface area contributed by atoms with E-state index in [0.717, 1.165) is 25.7 Å². The maximum atomic E-state index is 12.9. The van der Waals surface area contributed by atoms with Crippen molar-refractivity contribution in [3.05, 3.63) is 23.5 Å². The van der Waals surface area contributed by atoms with Gasteiger partial charge < -0.3 is 14.8 Å². The van der Waals surface area contributed by atoms with E-state index >= 15 is 0 Å². The zero-order valence-corrected chi connectivity index (χ0v) is 18.3. The summed E-state index contributed by atoms with van der Waals surface area (Å²) in [7, 11) is 0. The highest BCUT2D eigenvalue weighted by molar-refractivity contribution is 5.93. The van der Waals surface area contributed by atoms with E-state index in [0.29, 0.717) is 5.56 Å². The van der Waals surface area contributed by atoms with Crippen LogP contribution in [0, 0.1) is 5.92 Å². The number of aromatic nitrogens is 1. The summed E-state index contributed by atoms with van der Waals surface area (Å²) in [5, 5.41) is 2.87. The Morgan fingerprint density at radius 3 is 2.29 bits per heavy atom. The standard InChI is InChI=1S/C22H29F3N2O4/c1-20(2,3)31-18(28)10-21(4,14-7-8-14)27-19(29)16-9-17(30-12-22(23,24)25)15(11-26-16)13-5-6-13/h9,11,13-14H,5-8,10,12H2,1-4H3,(H,27,29)/t21-/m0/s1. The molecule has 2 fully saturated rings. The van der Waals surface area contributed by atoms with Gasteiger partial charge >= 0.3 is 12.1 Å². The molecule has 1 heterocycles. The summed E-state index contributed by atoms with van der Waals surface area (Å²) in [5.74, 6) is -0.724. The van der Waals surface area contributed by atoms with Crippen molar-refractivity contribution in [2.75, 3.05) is 6.61 Å². The normalized spacial score (nSPS) is 18.8. The fourth-order valence-corrected chi connectivity index (χ4v) is 3.57. The van der Waals surface area contributed by atoms with Crippen LogP contribution in [0.2, 0.25) is 0 Å². The average Bonchev–Trinajstić information content (AvgIpc) is 3.50. The highest BCUT2D eigenvalue weighted by atomic mass is 19.4. The van der Waals surface area contributed by atoms with Gasteiger partial charge in [-0.2, -0.15) is 13.2 Å². The number of nitrogens with one attached hydrogen (secondary N) is 1. The van der Waals surface area contributed by atoms with Gasteiger partial charge in [-0.15, -0.1) is 0 Å². The summed E-state index contributed by atoms with van der Waals surface area (Å²) in [6.45, 7) is 5.66. The number of hydrogen-bond acceptors (Lipinski definition) is 5. The van der Waals surface area contributed by atoms with Crippen LogP contribution >= 0.6 is 0 Å². The third-order valence-corrected chi connectivity index (χ3v) is 5.35. The molecule has 0 unspecified atom stereocenters. The van der Waals surface area contributed by atoms with Crippen LogP contribution in [0.1, 0.15) is 81.8 Å². The Bertz CT molecular complexity index is 842. The highest BCUT2D eigenvalue weighted by Gasteiger charge is 2.45. The van der Waals surface area contributed by atoms with Crippen molar-refractivity contribution in [2.45, 2.75) is 83.0 Å². The lowest BCUT2D eigenvalue weighted by molar-refractivity contribution is -0.156. The van der Waals surface area contributed by atoms with E-state index in [9.17, 15) is 22.8 Å². The number of alkyl halides is 3. The van der Waals surface area contributed by atoms with Crippen LogP contribution in [-0.4, -0.2) is 40.8 Å². The largest absolute Gasteiger partial charge is 0.484 e. The first kappa shape index (κ1) is 23.3. The molecule has 2 saturated carbocycles. The zero-order chi connectivity index (χ0) is 23.0. The summed E-state index contributed by atoms with van der Waals surface area (Å²) >= 11 is 0. The molecule has 172 valence electrons. The van der Waals surface area contributed by atoms with Gasteiger partial charge in [0.2, 0.25) is 0 Å². The number of halogens is 3. The molecule has 0 radical (unpaired) electrons. The van der Waals surface area contributed by atoms with Crippen molar-refractivity contribution in [3.8, 4) is 5.75 Å². The van der Waals surface area contributed by atoms with Gasteiger partial charge in [0.1, 0.15) is 17.0 Å². The van der Waals surface area contributed by atoms with Crippen molar-refractivity contribution in [3.63, 3.8) is 0 Å². The Labute approximate surface area is 179 Å². The molecule has 1 aromatic rings. The summed E-state index contributed by atoms with van der Waals surface area (Å²) in [6, 6.07) is 1.26. The molecule has 1 aromatic heterocycles. The number of ether oxygens (including phenoxy) is 2. The molecule has 0 saturated heterocycles. The first-order valence-electron chi connectivity index (χ1n) is 10.5. The summed E-state index contributed by atoms with van der Waals surface area (Å²) in [6.07, 6.45) is 0.376. The third kappa shape index (κ3) is 6.83. The second-order valence-corrected chi connectivity index (χ2v) is 9.69. The van der Waals surface area contributed by atoms with Gasteiger partial charge in [-0.1, -0.05) is 0 Å². The number of hydrogen-bond donors (Lipinski definition) is 1. The molecule has 0 aromatic carbocycles. The number of carbonyl (C=O) groups is 2. The maximum absolute atomic E-state index is 12.9. The second kappa shape index (κ2) is 8.31. The minimum Gasteiger partial charge on any atom is -0.484 e. The lowest BCUT2D eigenvalue weighted by Gasteiger charge is -2.31. The van der Waals surface area contributed by atoms with Gasteiger partial charge in [0.25, 0.3) is 5.91 Å².